The molecule has 2 aliphatic carbocycles. The standard InChI is InChI=1S/C15H25N3/c1-12(2)7-16-8-14-9-18(11-17-14)10-15(5-6-15)13-3-4-13/h9,11-13,16H,3-8,10H2,1-2H3. The van der Waals surface area contributed by atoms with Gasteiger partial charge in [0.05, 0.1) is 12.0 Å². The second-order valence-electron chi connectivity index (χ2n) is 6.70. The van der Waals surface area contributed by atoms with Crippen LogP contribution in [-0.2, 0) is 13.1 Å². The lowest BCUT2D eigenvalue weighted by atomic mass is 10.0. The largest absolute Gasteiger partial charge is 0.337 e. The summed E-state index contributed by atoms with van der Waals surface area (Å²) in [5.74, 6) is 1.74. The van der Waals surface area contributed by atoms with Gasteiger partial charge in [0.1, 0.15) is 0 Å². The van der Waals surface area contributed by atoms with Crippen molar-refractivity contribution in [1.82, 2.24) is 14.9 Å². The number of nitrogens with one attached hydrogen (secondary N) is 1. The molecule has 0 spiro atoms. The van der Waals surface area contributed by atoms with Gasteiger partial charge >= 0.3 is 0 Å². The van der Waals surface area contributed by atoms with Gasteiger partial charge in [-0.05, 0) is 49.5 Å². The molecule has 0 saturated heterocycles. The molecule has 100 valence electrons. The van der Waals surface area contributed by atoms with Crippen molar-refractivity contribution in [3.8, 4) is 0 Å². The van der Waals surface area contributed by atoms with E-state index in [2.05, 4.69) is 34.9 Å². The maximum absolute atomic E-state index is 4.51. The predicted octanol–water partition coefficient (Wildman–Crippen LogP) is 2.82. The van der Waals surface area contributed by atoms with Crippen LogP contribution in [0, 0.1) is 17.3 Å². The summed E-state index contributed by atoms with van der Waals surface area (Å²) in [6.45, 7) is 7.64. The van der Waals surface area contributed by atoms with Gasteiger partial charge in [-0.15, -0.1) is 0 Å². The van der Waals surface area contributed by atoms with Gasteiger partial charge in [-0.3, -0.25) is 0 Å². The van der Waals surface area contributed by atoms with E-state index < -0.39 is 0 Å². The Bertz CT molecular complexity index is 400. The van der Waals surface area contributed by atoms with Crippen molar-refractivity contribution in [2.45, 2.75) is 52.6 Å². The molecule has 1 aromatic heterocycles. The maximum atomic E-state index is 4.51. The number of nitrogens with zero attached hydrogens (tertiary/aromatic N) is 2. The lowest BCUT2D eigenvalue weighted by molar-refractivity contribution is 0.369. The van der Waals surface area contributed by atoms with E-state index in [1.54, 1.807) is 0 Å². The molecule has 1 aromatic rings. The van der Waals surface area contributed by atoms with Crippen molar-refractivity contribution >= 4 is 0 Å². The van der Waals surface area contributed by atoms with Gasteiger partial charge in [0, 0.05) is 19.3 Å². The zero-order chi connectivity index (χ0) is 12.6. The monoisotopic (exact) mass is 247 g/mol. The number of rotatable bonds is 7. The Kier molecular flexibility index (Phi) is 3.18. The third-order valence-electron chi connectivity index (χ3n) is 4.38. The highest BCUT2D eigenvalue weighted by atomic mass is 15.1. The van der Waals surface area contributed by atoms with Crippen LogP contribution < -0.4 is 5.32 Å². The fourth-order valence-electron chi connectivity index (χ4n) is 2.99. The van der Waals surface area contributed by atoms with Crippen molar-refractivity contribution in [3.05, 3.63) is 18.2 Å². The van der Waals surface area contributed by atoms with Crippen molar-refractivity contribution in [3.63, 3.8) is 0 Å². The predicted molar refractivity (Wildman–Crippen MR) is 73.2 cm³/mol. The quantitative estimate of drug-likeness (QED) is 0.803. The third-order valence-corrected chi connectivity index (χ3v) is 4.38. The van der Waals surface area contributed by atoms with E-state index in [1.165, 1.54) is 37.9 Å². The first-order valence-corrected chi connectivity index (χ1v) is 7.39. The Morgan fingerprint density at radius 2 is 2.22 bits per heavy atom. The molecule has 0 amide bonds. The van der Waals surface area contributed by atoms with Crippen LogP contribution in [0.3, 0.4) is 0 Å². The van der Waals surface area contributed by atoms with Crippen LogP contribution in [0.4, 0.5) is 0 Å². The van der Waals surface area contributed by atoms with Gasteiger partial charge in [0.2, 0.25) is 0 Å². The minimum atomic E-state index is 0.670. The number of imidazole rings is 1. The molecule has 0 aliphatic heterocycles. The lowest BCUT2D eigenvalue weighted by Gasteiger charge is -2.14. The molecule has 3 heteroatoms. The van der Waals surface area contributed by atoms with Gasteiger partial charge in [-0.1, -0.05) is 13.8 Å². The Morgan fingerprint density at radius 1 is 1.44 bits per heavy atom. The molecule has 0 radical (unpaired) electrons. The van der Waals surface area contributed by atoms with Crippen LogP contribution in [0.2, 0.25) is 0 Å². The van der Waals surface area contributed by atoms with Crippen LogP contribution >= 0.6 is 0 Å². The smallest absolute Gasteiger partial charge is 0.0950 e. The Balaban J connectivity index is 1.50. The summed E-state index contributed by atoms with van der Waals surface area (Å²) in [5, 5.41) is 3.45. The summed E-state index contributed by atoms with van der Waals surface area (Å²) in [6, 6.07) is 0. The number of hydrogen-bond acceptors (Lipinski definition) is 2. The lowest BCUT2D eigenvalue weighted by Crippen LogP contribution is -2.19. The van der Waals surface area contributed by atoms with Crippen LogP contribution in [0.15, 0.2) is 12.5 Å². The summed E-state index contributed by atoms with van der Waals surface area (Å²) < 4.78 is 2.32. The van der Waals surface area contributed by atoms with Crippen molar-refractivity contribution in [2.75, 3.05) is 6.54 Å². The maximum Gasteiger partial charge on any atom is 0.0950 e. The minimum absolute atomic E-state index is 0.670. The molecule has 0 unspecified atom stereocenters. The summed E-state index contributed by atoms with van der Waals surface area (Å²) in [5.41, 5.74) is 1.85. The molecule has 3 nitrogen and oxygen atoms in total. The summed E-state index contributed by atoms with van der Waals surface area (Å²) in [4.78, 5) is 4.51. The van der Waals surface area contributed by atoms with E-state index >= 15 is 0 Å². The summed E-state index contributed by atoms with van der Waals surface area (Å²) >= 11 is 0. The molecule has 3 rings (SSSR count). The Morgan fingerprint density at radius 3 is 2.83 bits per heavy atom. The zero-order valence-corrected chi connectivity index (χ0v) is 11.7. The molecule has 2 saturated carbocycles. The fourth-order valence-corrected chi connectivity index (χ4v) is 2.99. The molecule has 1 N–H and O–H groups in total. The molecule has 1 heterocycles. The minimum Gasteiger partial charge on any atom is -0.337 e. The molecule has 2 fully saturated rings. The molecule has 0 aromatic carbocycles. The van der Waals surface area contributed by atoms with Gasteiger partial charge in [-0.25, -0.2) is 4.98 Å². The van der Waals surface area contributed by atoms with Crippen molar-refractivity contribution in [1.29, 1.82) is 0 Å². The normalized spacial score (nSPS) is 21.5. The van der Waals surface area contributed by atoms with Crippen LogP contribution in [0.5, 0.6) is 0 Å². The molecular formula is C15H25N3. The van der Waals surface area contributed by atoms with Gasteiger partial charge in [0.15, 0.2) is 0 Å². The second-order valence-corrected chi connectivity index (χ2v) is 6.70. The summed E-state index contributed by atoms with van der Waals surface area (Å²) in [7, 11) is 0. The van der Waals surface area contributed by atoms with Crippen LogP contribution in [0.1, 0.15) is 45.2 Å². The number of hydrogen-bond donors (Lipinski definition) is 1. The van der Waals surface area contributed by atoms with Crippen LogP contribution in [-0.4, -0.2) is 16.1 Å². The van der Waals surface area contributed by atoms with Gasteiger partial charge in [0.25, 0.3) is 0 Å². The van der Waals surface area contributed by atoms with E-state index in [1.807, 2.05) is 6.33 Å². The molecule has 18 heavy (non-hydrogen) atoms. The first-order chi connectivity index (χ1) is 8.68. The molecule has 0 bridgehead atoms. The Labute approximate surface area is 110 Å². The van der Waals surface area contributed by atoms with Gasteiger partial charge < -0.3 is 9.88 Å². The first kappa shape index (κ1) is 12.2. The van der Waals surface area contributed by atoms with E-state index in [0.29, 0.717) is 11.3 Å². The van der Waals surface area contributed by atoms with Crippen molar-refractivity contribution < 1.29 is 0 Å². The molecular weight excluding hydrogens is 222 g/mol. The highest BCUT2D eigenvalue weighted by Gasteiger charge is 2.53. The SMILES string of the molecule is CC(C)CNCc1cn(CC2(C3CC3)CC2)cn1. The highest BCUT2D eigenvalue weighted by Crippen LogP contribution is 2.62. The highest BCUT2D eigenvalue weighted by molar-refractivity contribution is 5.05. The fraction of sp³-hybridized carbons (Fsp3) is 0.800. The van der Waals surface area contributed by atoms with E-state index in [4.69, 9.17) is 0 Å². The topological polar surface area (TPSA) is 29.9 Å². The zero-order valence-electron chi connectivity index (χ0n) is 11.7. The van der Waals surface area contributed by atoms with Gasteiger partial charge in [-0.2, -0.15) is 0 Å². The Hall–Kier alpha value is -0.830. The summed E-state index contributed by atoms with van der Waals surface area (Å²) in [6.07, 6.45) is 10.1. The van der Waals surface area contributed by atoms with E-state index in [0.717, 1.165) is 19.0 Å². The number of aromatic nitrogens is 2. The van der Waals surface area contributed by atoms with E-state index in [9.17, 15) is 0 Å². The molecule has 2 aliphatic rings. The average Bonchev–Trinajstić information content (AvgIpc) is 3.18. The average molecular weight is 247 g/mol. The third kappa shape index (κ3) is 2.77. The second kappa shape index (κ2) is 4.69. The van der Waals surface area contributed by atoms with E-state index in [-0.39, 0.29) is 0 Å². The van der Waals surface area contributed by atoms with Crippen molar-refractivity contribution in [2.24, 2.45) is 17.3 Å². The first-order valence-electron chi connectivity index (χ1n) is 7.39. The molecule has 0 atom stereocenters. The van der Waals surface area contributed by atoms with Crippen LogP contribution in [0.25, 0.3) is 0 Å².